The predicted molar refractivity (Wildman–Crippen MR) is 94.7 cm³/mol. The Hall–Kier alpha value is -1.76. The highest BCUT2D eigenvalue weighted by atomic mass is 79.9. The highest BCUT2D eigenvalue weighted by molar-refractivity contribution is 9.10. The maximum Gasteiger partial charge on any atom is 0.339 e. The summed E-state index contributed by atoms with van der Waals surface area (Å²) in [5, 5.41) is 2.69. The highest BCUT2D eigenvalue weighted by Crippen LogP contribution is 2.37. The molecule has 1 unspecified atom stereocenters. The second kappa shape index (κ2) is 10.2. The molecule has 0 radical (unpaired) electrons. The third kappa shape index (κ3) is 5.70. The molecule has 0 saturated heterocycles. The monoisotopic (exact) mass is 401 g/mol. The number of ether oxygens (including phenoxy) is 3. The van der Waals surface area contributed by atoms with Gasteiger partial charge in [-0.2, -0.15) is 0 Å². The molecule has 1 N–H and O–H groups in total. The quantitative estimate of drug-likeness (QED) is 0.642. The number of esters is 1. The maximum absolute atomic E-state index is 12.3. The number of methoxy groups -OCH3 is 1. The molecule has 1 atom stereocenters. The normalized spacial score (nSPS) is 11.5. The van der Waals surface area contributed by atoms with Crippen LogP contribution in [0.1, 0.15) is 44.0 Å². The van der Waals surface area contributed by atoms with Crippen molar-refractivity contribution < 1.29 is 23.8 Å². The van der Waals surface area contributed by atoms with Gasteiger partial charge in [0, 0.05) is 6.54 Å². The van der Waals surface area contributed by atoms with E-state index < -0.39 is 12.1 Å². The van der Waals surface area contributed by atoms with Crippen molar-refractivity contribution in [1.29, 1.82) is 0 Å². The molecule has 0 aliphatic carbocycles. The molecule has 1 aromatic carbocycles. The maximum atomic E-state index is 12.3. The largest absolute Gasteiger partial charge is 0.493 e. The first-order chi connectivity index (χ1) is 11.4. The van der Waals surface area contributed by atoms with Gasteiger partial charge in [0.15, 0.2) is 17.6 Å². The fourth-order valence-electron chi connectivity index (χ4n) is 1.86. The number of carbonyl (C=O) groups is 2. The predicted octanol–water partition coefficient (Wildman–Crippen LogP) is 3.32. The molecule has 6 nitrogen and oxygen atoms in total. The standard InChI is InChI=1S/C17H24BrNO5/c1-5-7-19-16(20)11(3)24-17(21)12-9-13(18)15(23-8-6-2)14(10-12)22-4/h9-11H,5-8H2,1-4H3,(H,19,20). The van der Waals surface area contributed by atoms with Crippen molar-refractivity contribution in [1.82, 2.24) is 5.32 Å². The van der Waals surface area contributed by atoms with Crippen molar-refractivity contribution in [3.8, 4) is 11.5 Å². The van der Waals surface area contributed by atoms with E-state index in [1.807, 2.05) is 13.8 Å². The number of rotatable bonds is 9. The van der Waals surface area contributed by atoms with Gasteiger partial charge in [-0.15, -0.1) is 0 Å². The van der Waals surface area contributed by atoms with Gasteiger partial charge in [-0.05, 0) is 47.8 Å². The third-order valence-electron chi connectivity index (χ3n) is 3.12. The Morgan fingerprint density at radius 1 is 1.25 bits per heavy atom. The SMILES string of the molecule is CCCNC(=O)C(C)OC(=O)c1cc(Br)c(OCCC)c(OC)c1. The van der Waals surface area contributed by atoms with Crippen LogP contribution in [0.4, 0.5) is 0 Å². The molecule has 0 fully saturated rings. The molecule has 134 valence electrons. The van der Waals surface area contributed by atoms with Crippen LogP contribution in [-0.4, -0.2) is 38.2 Å². The number of benzene rings is 1. The summed E-state index contributed by atoms with van der Waals surface area (Å²) in [6.45, 7) is 6.56. The Labute approximate surface area is 151 Å². The first-order valence-electron chi connectivity index (χ1n) is 7.93. The van der Waals surface area contributed by atoms with Crippen molar-refractivity contribution in [2.45, 2.75) is 39.7 Å². The molecule has 0 bridgehead atoms. The highest BCUT2D eigenvalue weighted by Gasteiger charge is 2.21. The minimum Gasteiger partial charge on any atom is -0.493 e. The van der Waals surface area contributed by atoms with Crippen LogP contribution in [0.3, 0.4) is 0 Å². The lowest BCUT2D eigenvalue weighted by molar-refractivity contribution is -0.129. The fourth-order valence-corrected chi connectivity index (χ4v) is 2.41. The minimum atomic E-state index is -0.871. The summed E-state index contributed by atoms with van der Waals surface area (Å²) in [6, 6.07) is 3.13. The minimum absolute atomic E-state index is 0.276. The van der Waals surface area contributed by atoms with Crippen molar-refractivity contribution in [3.63, 3.8) is 0 Å². The summed E-state index contributed by atoms with van der Waals surface area (Å²) in [4.78, 5) is 24.0. The molecule has 0 aromatic heterocycles. The summed E-state index contributed by atoms with van der Waals surface area (Å²) < 4.78 is 16.7. The van der Waals surface area contributed by atoms with Gasteiger partial charge in [0.2, 0.25) is 0 Å². The Morgan fingerprint density at radius 2 is 1.96 bits per heavy atom. The molecule has 1 rings (SSSR count). The Morgan fingerprint density at radius 3 is 2.54 bits per heavy atom. The number of amides is 1. The molecule has 0 saturated carbocycles. The van der Waals surface area contributed by atoms with Gasteiger partial charge in [-0.1, -0.05) is 13.8 Å². The first-order valence-corrected chi connectivity index (χ1v) is 8.72. The van der Waals surface area contributed by atoms with Crippen LogP contribution >= 0.6 is 15.9 Å². The summed E-state index contributed by atoms with van der Waals surface area (Å²) in [5.41, 5.74) is 0.276. The Kier molecular flexibility index (Phi) is 8.60. The van der Waals surface area contributed by atoms with E-state index in [-0.39, 0.29) is 11.5 Å². The van der Waals surface area contributed by atoms with E-state index in [1.165, 1.54) is 20.1 Å². The van der Waals surface area contributed by atoms with Gasteiger partial charge in [0.25, 0.3) is 5.91 Å². The average Bonchev–Trinajstić information content (AvgIpc) is 2.57. The lowest BCUT2D eigenvalue weighted by Gasteiger charge is -2.16. The Bertz CT molecular complexity index is 576. The van der Waals surface area contributed by atoms with Gasteiger partial charge in [-0.3, -0.25) is 4.79 Å². The lowest BCUT2D eigenvalue weighted by atomic mass is 10.2. The number of halogens is 1. The topological polar surface area (TPSA) is 73.9 Å². The molecule has 1 amide bonds. The molecule has 0 spiro atoms. The van der Waals surface area contributed by atoms with E-state index in [0.717, 1.165) is 12.8 Å². The van der Waals surface area contributed by atoms with Crippen molar-refractivity contribution >= 4 is 27.8 Å². The first kappa shape index (κ1) is 20.3. The number of carbonyl (C=O) groups excluding carboxylic acids is 2. The molecule has 1 aromatic rings. The van der Waals surface area contributed by atoms with Crippen LogP contribution in [0.15, 0.2) is 16.6 Å². The zero-order valence-corrected chi connectivity index (χ0v) is 16.1. The van der Waals surface area contributed by atoms with Crippen LogP contribution < -0.4 is 14.8 Å². The van der Waals surface area contributed by atoms with Crippen molar-refractivity contribution in [3.05, 3.63) is 22.2 Å². The van der Waals surface area contributed by atoms with Crippen LogP contribution in [0, 0.1) is 0 Å². The van der Waals surface area contributed by atoms with E-state index in [2.05, 4.69) is 21.2 Å². The number of hydrogen-bond acceptors (Lipinski definition) is 5. The van der Waals surface area contributed by atoms with Gasteiger partial charge < -0.3 is 19.5 Å². The van der Waals surface area contributed by atoms with E-state index in [9.17, 15) is 9.59 Å². The third-order valence-corrected chi connectivity index (χ3v) is 3.71. The van der Waals surface area contributed by atoms with Crippen LogP contribution in [0.2, 0.25) is 0 Å². The number of nitrogens with one attached hydrogen (secondary N) is 1. The zero-order valence-electron chi connectivity index (χ0n) is 14.5. The summed E-state index contributed by atoms with van der Waals surface area (Å²) in [5.74, 6) is 0.0341. The molecule has 7 heteroatoms. The van der Waals surface area contributed by atoms with Crippen LogP contribution in [0.5, 0.6) is 11.5 Å². The van der Waals surface area contributed by atoms with E-state index in [4.69, 9.17) is 14.2 Å². The summed E-state index contributed by atoms with van der Waals surface area (Å²) >= 11 is 3.37. The van der Waals surface area contributed by atoms with Crippen LogP contribution in [0.25, 0.3) is 0 Å². The molecule has 0 aliphatic rings. The smallest absolute Gasteiger partial charge is 0.339 e. The van der Waals surface area contributed by atoms with Gasteiger partial charge >= 0.3 is 5.97 Å². The van der Waals surface area contributed by atoms with E-state index >= 15 is 0 Å². The molecular formula is C17H24BrNO5. The van der Waals surface area contributed by atoms with Gasteiger partial charge in [-0.25, -0.2) is 4.79 Å². The second-order valence-electron chi connectivity index (χ2n) is 5.18. The fraction of sp³-hybridized carbons (Fsp3) is 0.529. The molecule has 0 heterocycles. The summed E-state index contributed by atoms with van der Waals surface area (Å²) in [6.07, 6.45) is 0.796. The van der Waals surface area contributed by atoms with Crippen molar-refractivity contribution in [2.24, 2.45) is 0 Å². The van der Waals surface area contributed by atoms with Crippen molar-refractivity contribution in [2.75, 3.05) is 20.3 Å². The molecule has 24 heavy (non-hydrogen) atoms. The number of hydrogen-bond donors (Lipinski definition) is 1. The summed E-state index contributed by atoms with van der Waals surface area (Å²) in [7, 11) is 1.50. The molecule has 0 aliphatic heterocycles. The second-order valence-corrected chi connectivity index (χ2v) is 6.03. The van der Waals surface area contributed by atoms with Crippen LogP contribution in [-0.2, 0) is 9.53 Å². The Balaban J connectivity index is 2.87. The van der Waals surface area contributed by atoms with Gasteiger partial charge in [0.1, 0.15) is 0 Å². The zero-order chi connectivity index (χ0) is 18.1. The average molecular weight is 402 g/mol. The van der Waals surface area contributed by atoms with Gasteiger partial charge in [0.05, 0.1) is 23.8 Å². The van der Waals surface area contributed by atoms with E-state index in [1.54, 1.807) is 6.07 Å². The van der Waals surface area contributed by atoms with E-state index in [0.29, 0.717) is 29.1 Å². The molecular weight excluding hydrogens is 378 g/mol. The lowest BCUT2D eigenvalue weighted by Crippen LogP contribution is -2.36.